The lowest BCUT2D eigenvalue weighted by molar-refractivity contribution is -0.139. The minimum Gasteiger partial charge on any atom is -0.481 e. The summed E-state index contributed by atoms with van der Waals surface area (Å²) in [4.78, 5) is 10.9. The Morgan fingerprint density at radius 1 is 1.23 bits per heavy atom. The van der Waals surface area contributed by atoms with Crippen LogP contribution in [0.2, 0.25) is 0 Å². The molecule has 4 nitrogen and oxygen atoms in total. The first-order chi connectivity index (χ1) is 12.2. The number of aliphatic hydroxyl groups is 2. The van der Waals surface area contributed by atoms with Crippen molar-refractivity contribution < 1.29 is 20.1 Å². The second-order valence-electron chi connectivity index (χ2n) is 8.71. The summed E-state index contributed by atoms with van der Waals surface area (Å²) in [6, 6.07) is 0. The van der Waals surface area contributed by atoms with Crippen LogP contribution in [0.3, 0.4) is 0 Å². The van der Waals surface area contributed by atoms with E-state index in [1.165, 1.54) is 0 Å². The summed E-state index contributed by atoms with van der Waals surface area (Å²) in [6.45, 7) is 6.10. The second kappa shape index (κ2) is 11.6. The molecule has 0 bridgehead atoms. The topological polar surface area (TPSA) is 77.8 Å². The van der Waals surface area contributed by atoms with Gasteiger partial charge in [0.2, 0.25) is 0 Å². The molecule has 150 valence electrons. The molecule has 1 saturated carbocycles. The van der Waals surface area contributed by atoms with Gasteiger partial charge in [0.05, 0.1) is 12.5 Å². The van der Waals surface area contributed by atoms with Crippen LogP contribution in [-0.4, -0.2) is 33.5 Å². The third-order valence-corrected chi connectivity index (χ3v) is 5.66. The van der Waals surface area contributed by atoms with Crippen LogP contribution in [-0.2, 0) is 4.79 Å². The van der Waals surface area contributed by atoms with Gasteiger partial charge < -0.3 is 15.3 Å². The molecular weight excluding hydrogens is 328 g/mol. The SMILES string of the molecule is CCCC#CC(O)CC[C@H]1CC[C@H](O)[C@@H]1CCCCC(C)(C)CC(=O)O. The van der Waals surface area contributed by atoms with Crippen molar-refractivity contribution in [2.24, 2.45) is 17.3 Å². The van der Waals surface area contributed by atoms with E-state index < -0.39 is 12.1 Å². The van der Waals surface area contributed by atoms with Gasteiger partial charge in [-0.15, -0.1) is 5.92 Å². The summed E-state index contributed by atoms with van der Waals surface area (Å²) in [5.74, 6) is 5.97. The average molecular weight is 367 g/mol. The van der Waals surface area contributed by atoms with E-state index in [2.05, 4.69) is 18.8 Å². The van der Waals surface area contributed by atoms with E-state index in [1.807, 2.05) is 13.8 Å². The highest BCUT2D eigenvalue weighted by molar-refractivity contribution is 5.67. The average Bonchev–Trinajstić information content (AvgIpc) is 2.89. The lowest BCUT2D eigenvalue weighted by atomic mass is 9.81. The monoisotopic (exact) mass is 366 g/mol. The van der Waals surface area contributed by atoms with Gasteiger partial charge in [-0.1, -0.05) is 39.5 Å². The maximum absolute atomic E-state index is 10.9. The summed E-state index contributed by atoms with van der Waals surface area (Å²) >= 11 is 0. The molecule has 4 atom stereocenters. The second-order valence-corrected chi connectivity index (χ2v) is 8.71. The third-order valence-electron chi connectivity index (χ3n) is 5.66. The van der Waals surface area contributed by atoms with Crippen molar-refractivity contribution in [3.05, 3.63) is 0 Å². The number of hydrogen-bond donors (Lipinski definition) is 3. The Bertz CT molecular complexity index is 474. The molecule has 0 aromatic rings. The fourth-order valence-corrected chi connectivity index (χ4v) is 4.15. The minimum absolute atomic E-state index is 0.166. The maximum Gasteiger partial charge on any atom is 0.303 e. The molecule has 0 aromatic carbocycles. The molecule has 0 aliphatic heterocycles. The van der Waals surface area contributed by atoms with Crippen LogP contribution in [0.4, 0.5) is 0 Å². The number of rotatable bonds is 11. The van der Waals surface area contributed by atoms with Crippen molar-refractivity contribution in [1.82, 2.24) is 0 Å². The van der Waals surface area contributed by atoms with Crippen molar-refractivity contribution in [3.8, 4) is 11.8 Å². The first-order valence-corrected chi connectivity index (χ1v) is 10.3. The van der Waals surface area contributed by atoms with Crippen molar-refractivity contribution in [1.29, 1.82) is 0 Å². The van der Waals surface area contributed by atoms with Gasteiger partial charge in [0.15, 0.2) is 0 Å². The first-order valence-electron chi connectivity index (χ1n) is 10.3. The lowest BCUT2D eigenvalue weighted by Gasteiger charge is -2.25. The maximum atomic E-state index is 10.9. The quantitative estimate of drug-likeness (QED) is 0.374. The zero-order chi connectivity index (χ0) is 19.6. The van der Waals surface area contributed by atoms with Crippen LogP contribution in [0.5, 0.6) is 0 Å². The normalized spacial score (nSPS) is 24.1. The summed E-state index contributed by atoms with van der Waals surface area (Å²) < 4.78 is 0. The van der Waals surface area contributed by atoms with Crippen molar-refractivity contribution in [2.45, 2.75) is 104 Å². The summed E-state index contributed by atoms with van der Waals surface area (Å²) in [7, 11) is 0. The fourth-order valence-electron chi connectivity index (χ4n) is 4.15. The molecule has 1 fully saturated rings. The highest BCUT2D eigenvalue weighted by atomic mass is 16.4. The summed E-state index contributed by atoms with van der Waals surface area (Å²) in [5, 5.41) is 29.2. The van der Waals surface area contributed by atoms with Crippen molar-refractivity contribution >= 4 is 5.97 Å². The predicted octanol–water partition coefficient (Wildman–Crippen LogP) is 4.38. The van der Waals surface area contributed by atoms with Gasteiger partial charge in [-0.2, -0.15) is 0 Å². The smallest absolute Gasteiger partial charge is 0.303 e. The van der Waals surface area contributed by atoms with E-state index in [1.54, 1.807) is 0 Å². The Balaban J connectivity index is 2.35. The van der Waals surface area contributed by atoms with Gasteiger partial charge in [0, 0.05) is 6.42 Å². The molecule has 0 saturated heterocycles. The molecule has 4 heteroatoms. The Hall–Kier alpha value is -1.05. The van der Waals surface area contributed by atoms with Crippen LogP contribution < -0.4 is 0 Å². The van der Waals surface area contributed by atoms with Gasteiger partial charge in [0.1, 0.15) is 6.10 Å². The van der Waals surface area contributed by atoms with E-state index >= 15 is 0 Å². The largest absolute Gasteiger partial charge is 0.481 e. The number of carboxylic acids is 1. The Labute approximate surface area is 159 Å². The van der Waals surface area contributed by atoms with Gasteiger partial charge in [-0.05, 0) is 62.2 Å². The van der Waals surface area contributed by atoms with Crippen LogP contribution in [0.25, 0.3) is 0 Å². The van der Waals surface area contributed by atoms with Crippen molar-refractivity contribution in [2.75, 3.05) is 0 Å². The van der Waals surface area contributed by atoms with Gasteiger partial charge in [0.25, 0.3) is 0 Å². The van der Waals surface area contributed by atoms with Crippen LogP contribution in [0, 0.1) is 29.1 Å². The number of aliphatic carboxylic acids is 1. The van der Waals surface area contributed by atoms with E-state index in [4.69, 9.17) is 5.11 Å². The highest BCUT2D eigenvalue weighted by Gasteiger charge is 2.34. The van der Waals surface area contributed by atoms with Crippen LogP contribution in [0.15, 0.2) is 0 Å². The van der Waals surface area contributed by atoms with E-state index in [0.29, 0.717) is 18.3 Å². The lowest BCUT2D eigenvalue weighted by Crippen LogP contribution is -2.21. The standard InChI is InChI=1S/C22H38O4/c1-4-5-6-9-18(23)13-11-17-12-14-20(24)19(17)10-7-8-15-22(2,3)16-21(25)26/h17-20,23-24H,4-5,7-8,10-16H2,1-3H3,(H,25,26)/t17-,18?,19+,20-/m0/s1. The molecule has 26 heavy (non-hydrogen) atoms. The zero-order valence-corrected chi connectivity index (χ0v) is 16.8. The third kappa shape index (κ3) is 9.05. The number of aliphatic hydroxyl groups excluding tert-OH is 2. The Morgan fingerprint density at radius 2 is 1.96 bits per heavy atom. The zero-order valence-electron chi connectivity index (χ0n) is 16.8. The predicted molar refractivity (Wildman–Crippen MR) is 105 cm³/mol. The van der Waals surface area contributed by atoms with E-state index in [-0.39, 0.29) is 17.9 Å². The molecule has 0 aromatic heterocycles. The van der Waals surface area contributed by atoms with Gasteiger partial charge in [-0.25, -0.2) is 0 Å². The number of unbranched alkanes of at least 4 members (excludes halogenated alkanes) is 2. The Kier molecular flexibility index (Phi) is 10.3. The Morgan fingerprint density at radius 3 is 2.62 bits per heavy atom. The number of hydrogen-bond acceptors (Lipinski definition) is 3. The number of carbonyl (C=O) groups is 1. The van der Waals surface area contributed by atoms with E-state index in [9.17, 15) is 15.0 Å². The number of carboxylic acid groups (broad SMARTS) is 1. The molecule has 0 heterocycles. The fraction of sp³-hybridized carbons (Fsp3) is 0.864. The first kappa shape index (κ1) is 23.0. The summed E-state index contributed by atoms with van der Waals surface area (Å²) in [6.07, 6.45) is 8.71. The molecule has 1 unspecified atom stereocenters. The molecule has 1 aliphatic rings. The summed E-state index contributed by atoms with van der Waals surface area (Å²) in [5.41, 5.74) is -0.166. The molecule has 3 N–H and O–H groups in total. The molecule has 1 aliphatic carbocycles. The van der Waals surface area contributed by atoms with E-state index in [0.717, 1.165) is 57.8 Å². The minimum atomic E-state index is -0.734. The molecule has 0 spiro atoms. The molecule has 1 rings (SSSR count). The van der Waals surface area contributed by atoms with Crippen LogP contribution in [0.1, 0.15) is 91.4 Å². The van der Waals surface area contributed by atoms with Gasteiger partial charge >= 0.3 is 5.97 Å². The molecular formula is C22H38O4. The van der Waals surface area contributed by atoms with Crippen molar-refractivity contribution in [3.63, 3.8) is 0 Å². The molecule has 0 amide bonds. The highest BCUT2D eigenvalue weighted by Crippen LogP contribution is 2.39. The van der Waals surface area contributed by atoms with Crippen LogP contribution >= 0.6 is 0 Å². The molecule has 0 radical (unpaired) electrons. The van der Waals surface area contributed by atoms with Gasteiger partial charge in [-0.3, -0.25) is 4.79 Å².